The number of allylic oxidation sites excluding steroid dienone is 1. The molecule has 1 heterocycles. The Kier molecular flexibility index (Phi) is 6.42. The Morgan fingerprint density at radius 1 is 1.19 bits per heavy atom. The van der Waals surface area contributed by atoms with Crippen LogP contribution in [0.1, 0.15) is 43.9 Å². The summed E-state index contributed by atoms with van der Waals surface area (Å²) in [5, 5.41) is 2.97. The average molecular weight is 350 g/mol. The number of aromatic nitrogens is 1. The zero-order chi connectivity index (χ0) is 18.2. The largest absolute Gasteiger partial charge is 0.487 e. The molecular formula is C22H26N2O2. The number of hydrogen-bond acceptors (Lipinski definition) is 3. The zero-order valence-corrected chi connectivity index (χ0v) is 15.3. The molecule has 1 aromatic heterocycles. The number of rotatable bonds is 6. The van der Waals surface area contributed by atoms with Crippen molar-refractivity contribution in [3.05, 3.63) is 71.6 Å². The van der Waals surface area contributed by atoms with Crippen LogP contribution < -0.4 is 10.1 Å². The molecule has 0 atom stereocenters. The first-order valence-corrected chi connectivity index (χ1v) is 9.28. The van der Waals surface area contributed by atoms with Crippen LogP contribution in [0.3, 0.4) is 0 Å². The van der Waals surface area contributed by atoms with E-state index in [1.54, 1.807) is 12.3 Å². The van der Waals surface area contributed by atoms with E-state index < -0.39 is 0 Å². The Balaban J connectivity index is 1.44. The summed E-state index contributed by atoms with van der Waals surface area (Å²) in [5.74, 6) is 1.59. The normalized spacial score (nSPS) is 16.8. The molecule has 1 aliphatic carbocycles. The fourth-order valence-corrected chi connectivity index (χ4v) is 3.05. The smallest absolute Gasteiger partial charge is 0.244 e. The third-order valence-electron chi connectivity index (χ3n) is 4.75. The van der Waals surface area contributed by atoms with Crippen molar-refractivity contribution in [2.45, 2.75) is 45.8 Å². The van der Waals surface area contributed by atoms with Crippen LogP contribution in [0.25, 0.3) is 0 Å². The first-order valence-electron chi connectivity index (χ1n) is 9.28. The highest BCUT2D eigenvalue weighted by Gasteiger charge is 2.13. The summed E-state index contributed by atoms with van der Waals surface area (Å²) in [6.45, 7) is 3.25. The first kappa shape index (κ1) is 18.2. The fraction of sp³-hybridized carbons (Fsp3) is 0.364. The van der Waals surface area contributed by atoms with Gasteiger partial charge in [0.2, 0.25) is 5.91 Å². The Morgan fingerprint density at radius 3 is 2.65 bits per heavy atom. The Morgan fingerprint density at radius 2 is 1.96 bits per heavy atom. The number of carbonyl (C=O) groups excluding carboxylic acids is 1. The number of nitrogens with one attached hydrogen (secondary N) is 1. The highest BCUT2D eigenvalue weighted by Crippen LogP contribution is 2.27. The fourth-order valence-electron chi connectivity index (χ4n) is 3.05. The van der Waals surface area contributed by atoms with Crippen LogP contribution in [0, 0.1) is 5.92 Å². The van der Waals surface area contributed by atoms with E-state index in [0.717, 1.165) is 35.8 Å². The predicted molar refractivity (Wildman–Crippen MR) is 103 cm³/mol. The van der Waals surface area contributed by atoms with Crippen LogP contribution in [0.15, 0.2) is 60.3 Å². The van der Waals surface area contributed by atoms with E-state index in [9.17, 15) is 4.79 Å². The topological polar surface area (TPSA) is 51.2 Å². The van der Waals surface area contributed by atoms with Crippen molar-refractivity contribution in [1.29, 1.82) is 0 Å². The Hall–Kier alpha value is -2.62. The molecule has 1 saturated carbocycles. The van der Waals surface area contributed by atoms with E-state index in [1.165, 1.54) is 18.4 Å². The van der Waals surface area contributed by atoms with Crippen LogP contribution in [0.5, 0.6) is 5.75 Å². The van der Waals surface area contributed by atoms with Gasteiger partial charge in [0, 0.05) is 18.8 Å². The van der Waals surface area contributed by atoms with Gasteiger partial charge in [0.1, 0.15) is 12.4 Å². The molecule has 2 aromatic rings. The van der Waals surface area contributed by atoms with Gasteiger partial charge < -0.3 is 10.1 Å². The van der Waals surface area contributed by atoms with Crippen molar-refractivity contribution >= 4 is 5.91 Å². The molecule has 26 heavy (non-hydrogen) atoms. The molecule has 0 unspecified atom stereocenters. The second kappa shape index (κ2) is 9.18. The van der Waals surface area contributed by atoms with E-state index in [-0.39, 0.29) is 5.91 Å². The number of nitrogens with zero attached hydrogens (tertiary/aromatic N) is 1. The van der Waals surface area contributed by atoms with Crippen molar-refractivity contribution in [2.24, 2.45) is 5.92 Å². The molecule has 0 radical (unpaired) electrons. The summed E-state index contributed by atoms with van der Waals surface area (Å²) in [4.78, 5) is 16.3. The van der Waals surface area contributed by atoms with Crippen LogP contribution in [0.4, 0.5) is 0 Å². The lowest BCUT2D eigenvalue weighted by molar-refractivity contribution is -0.116. The summed E-state index contributed by atoms with van der Waals surface area (Å²) < 4.78 is 5.72. The molecule has 1 aliphatic rings. The van der Waals surface area contributed by atoms with Crippen molar-refractivity contribution in [3.63, 3.8) is 0 Å². The van der Waals surface area contributed by atoms with Gasteiger partial charge in [-0.25, -0.2) is 0 Å². The van der Waals surface area contributed by atoms with E-state index in [0.29, 0.717) is 13.2 Å². The van der Waals surface area contributed by atoms with Gasteiger partial charge in [-0.2, -0.15) is 0 Å². The third kappa shape index (κ3) is 5.73. The van der Waals surface area contributed by atoms with E-state index in [4.69, 9.17) is 4.74 Å². The lowest BCUT2D eigenvalue weighted by Gasteiger charge is -2.19. The van der Waals surface area contributed by atoms with Crippen LogP contribution >= 0.6 is 0 Å². The molecule has 1 aromatic carbocycles. The monoisotopic (exact) mass is 350 g/mol. The molecular weight excluding hydrogens is 324 g/mol. The molecule has 0 saturated heterocycles. The lowest BCUT2D eigenvalue weighted by Crippen LogP contribution is -2.21. The minimum Gasteiger partial charge on any atom is -0.487 e. The number of hydrogen-bond donors (Lipinski definition) is 1. The lowest BCUT2D eigenvalue weighted by atomic mass is 9.87. The second-order valence-corrected chi connectivity index (χ2v) is 6.96. The van der Waals surface area contributed by atoms with Gasteiger partial charge in [0.15, 0.2) is 0 Å². The maximum atomic E-state index is 12.1. The van der Waals surface area contributed by atoms with Gasteiger partial charge in [-0.1, -0.05) is 30.7 Å². The Bertz CT molecular complexity index is 728. The highest BCUT2D eigenvalue weighted by molar-refractivity contribution is 5.88. The molecule has 0 spiro atoms. The number of amides is 1. The number of pyridine rings is 1. The summed E-state index contributed by atoms with van der Waals surface area (Å²) in [7, 11) is 0. The molecule has 4 nitrogen and oxygen atoms in total. The SMILES string of the molecule is CC1CCC(=CC(=O)NCc2ccc(OCc3ccccn3)cc2)CC1. The number of benzene rings is 1. The first-order chi connectivity index (χ1) is 12.7. The summed E-state index contributed by atoms with van der Waals surface area (Å²) in [6, 6.07) is 13.6. The molecule has 4 heteroatoms. The average Bonchev–Trinajstić information content (AvgIpc) is 2.68. The van der Waals surface area contributed by atoms with Gasteiger partial charge in [-0.05, 0) is 61.4 Å². The van der Waals surface area contributed by atoms with E-state index >= 15 is 0 Å². The highest BCUT2D eigenvalue weighted by atomic mass is 16.5. The van der Waals surface area contributed by atoms with Gasteiger partial charge in [0.25, 0.3) is 0 Å². The van der Waals surface area contributed by atoms with Gasteiger partial charge in [-0.3, -0.25) is 9.78 Å². The summed E-state index contributed by atoms with van der Waals surface area (Å²) in [5.41, 5.74) is 3.23. The molecule has 0 bridgehead atoms. The molecule has 136 valence electrons. The van der Waals surface area contributed by atoms with Crippen LogP contribution in [-0.2, 0) is 17.9 Å². The predicted octanol–water partition coefficient (Wildman–Crippen LogP) is 4.41. The van der Waals surface area contributed by atoms with Gasteiger partial charge in [-0.15, -0.1) is 0 Å². The molecule has 3 rings (SSSR count). The van der Waals surface area contributed by atoms with Crippen molar-refractivity contribution in [3.8, 4) is 5.75 Å². The Labute approximate surface area is 155 Å². The van der Waals surface area contributed by atoms with Crippen LogP contribution in [-0.4, -0.2) is 10.9 Å². The van der Waals surface area contributed by atoms with Gasteiger partial charge >= 0.3 is 0 Å². The van der Waals surface area contributed by atoms with Crippen molar-refractivity contribution in [2.75, 3.05) is 0 Å². The standard InChI is InChI=1S/C22H26N2O2/c1-17-5-7-18(8-6-17)14-22(25)24-15-19-9-11-21(12-10-19)26-16-20-4-2-3-13-23-20/h2-4,9-14,17H,5-8,15-16H2,1H3,(H,24,25). The van der Waals surface area contributed by atoms with Gasteiger partial charge in [0.05, 0.1) is 5.69 Å². The zero-order valence-electron chi connectivity index (χ0n) is 15.3. The van der Waals surface area contributed by atoms with E-state index in [1.807, 2.05) is 42.5 Å². The molecule has 0 aliphatic heterocycles. The third-order valence-corrected chi connectivity index (χ3v) is 4.75. The second-order valence-electron chi connectivity index (χ2n) is 6.96. The summed E-state index contributed by atoms with van der Waals surface area (Å²) >= 11 is 0. The summed E-state index contributed by atoms with van der Waals surface area (Å²) in [6.07, 6.45) is 8.04. The van der Waals surface area contributed by atoms with E-state index in [2.05, 4.69) is 17.2 Å². The number of carbonyl (C=O) groups is 1. The van der Waals surface area contributed by atoms with Crippen LogP contribution in [0.2, 0.25) is 0 Å². The molecule has 1 amide bonds. The molecule has 1 N–H and O–H groups in total. The van der Waals surface area contributed by atoms with Crippen molar-refractivity contribution < 1.29 is 9.53 Å². The quantitative estimate of drug-likeness (QED) is 0.785. The van der Waals surface area contributed by atoms with Crippen molar-refractivity contribution in [1.82, 2.24) is 10.3 Å². The maximum Gasteiger partial charge on any atom is 0.244 e. The minimum atomic E-state index is 0.00466. The number of ether oxygens (including phenoxy) is 1. The maximum absolute atomic E-state index is 12.1. The molecule has 1 fully saturated rings. The minimum absolute atomic E-state index is 0.00466.